The molecule has 9 nitrogen and oxygen atoms in total. The summed E-state index contributed by atoms with van der Waals surface area (Å²) in [5.74, 6) is -1.00. The number of hydrogen-bond donors (Lipinski definition) is 1. The Morgan fingerprint density at radius 1 is 1.27 bits per heavy atom. The highest BCUT2D eigenvalue weighted by atomic mass is 35.5. The second-order valence-electron chi connectivity index (χ2n) is 6.43. The number of benzene rings is 1. The van der Waals surface area contributed by atoms with Gasteiger partial charge in [-0.1, -0.05) is 11.6 Å². The van der Waals surface area contributed by atoms with E-state index in [1.165, 1.54) is 24.3 Å². The fourth-order valence-corrected chi connectivity index (χ4v) is 3.18. The standard InChI is InChI=1S/C19H15ClF4N4O5/c1-2-32-9-3-5-11(12(7-9)28(30)31)25-19(29)13-6-4-10(33-13)8-27-16(18(23)24)14(20)15(26-27)17(21)22/h3-7,17-18H,2,8H2,1H3,(H,25,29). The number of nitro groups is 1. The number of anilines is 1. The van der Waals surface area contributed by atoms with E-state index in [-0.39, 0.29) is 29.6 Å². The maximum Gasteiger partial charge on any atom is 0.296 e. The lowest BCUT2D eigenvalue weighted by molar-refractivity contribution is -0.384. The number of aromatic nitrogens is 2. The Labute approximate surface area is 188 Å². The highest BCUT2D eigenvalue weighted by Crippen LogP contribution is 2.35. The Balaban J connectivity index is 1.81. The first-order valence-corrected chi connectivity index (χ1v) is 9.63. The van der Waals surface area contributed by atoms with Crippen molar-refractivity contribution in [3.8, 4) is 5.75 Å². The van der Waals surface area contributed by atoms with Crippen molar-refractivity contribution in [2.45, 2.75) is 26.3 Å². The molecule has 2 heterocycles. The fourth-order valence-electron chi connectivity index (χ4n) is 2.88. The number of nitro benzene ring substituents is 1. The first-order valence-electron chi connectivity index (χ1n) is 9.26. The quantitative estimate of drug-likeness (QED) is 0.237. The van der Waals surface area contributed by atoms with Crippen LogP contribution in [-0.2, 0) is 6.54 Å². The molecule has 0 radical (unpaired) electrons. The Hall–Kier alpha value is -3.61. The minimum atomic E-state index is -3.18. The first-order chi connectivity index (χ1) is 15.6. The van der Waals surface area contributed by atoms with E-state index in [4.69, 9.17) is 20.8 Å². The van der Waals surface area contributed by atoms with Gasteiger partial charge in [0, 0.05) is 0 Å². The lowest BCUT2D eigenvalue weighted by Gasteiger charge is -2.07. The molecule has 3 aromatic rings. The van der Waals surface area contributed by atoms with Crippen LogP contribution in [0.2, 0.25) is 5.02 Å². The van der Waals surface area contributed by atoms with Crippen LogP contribution in [0.15, 0.2) is 34.7 Å². The van der Waals surface area contributed by atoms with Gasteiger partial charge in [0.25, 0.3) is 24.4 Å². The second-order valence-corrected chi connectivity index (χ2v) is 6.81. The van der Waals surface area contributed by atoms with Gasteiger partial charge in [-0.15, -0.1) is 0 Å². The third-order valence-corrected chi connectivity index (χ3v) is 4.67. The maximum atomic E-state index is 13.3. The SMILES string of the molecule is CCOc1ccc(NC(=O)c2ccc(Cn3nc(C(F)F)c(Cl)c3C(F)F)o2)c([N+](=O)[O-])c1. The van der Waals surface area contributed by atoms with Crippen molar-refractivity contribution in [1.29, 1.82) is 0 Å². The van der Waals surface area contributed by atoms with E-state index in [1.54, 1.807) is 6.92 Å². The average Bonchev–Trinajstić information content (AvgIpc) is 3.33. The molecule has 0 spiro atoms. The first kappa shape index (κ1) is 24.0. The van der Waals surface area contributed by atoms with Crippen molar-refractivity contribution < 1.29 is 36.4 Å². The number of ether oxygens (including phenoxy) is 1. The molecule has 3 rings (SSSR count). The topological polar surface area (TPSA) is 112 Å². The van der Waals surface area contributed by atoms with Crippen molar-refractivity contribution in [2.24, 2.45) is 0 Å². The van der Waals surface area contributed by atoms with Crippen LogP contribution in [0.5, 0.6) is 5.75 Å². The molecular formula is C19H15ClF4N4O5. The Bertz CT molecular complexity index is 1180. The molecular weight excluding hydrogens is 476 g/mol. The van der Waals surface area contributed by atoms with Crippen LogP contribution in [0.3, 0.4) is 0 Å². The number of carbonyl (C=O) groups excluding carboxylic acids is 1. The van der Waals surface area contributed by atoms with Crippen molar-refractivity contribution in [2.75, 3.05) is 11.9 Å². The number of amides is 1. The molecule has 0 saturated heterocycles. The van der Waals surface area contributed by atoms with Gasteiger partial charge in [0.15, 0.2) is 5.76 Å². The van der Waals surface area contributed by atoms with E-state index in [2.05, 4.69) is 10.4 Å². The predicted molar refractivity (Wildman–Crippen MR) is 107 cm³/mol. The van der Waals surface area contributed by atoms with Gasteiger partial charge in [-0.05, 0) is 31.2 Å². The average molecular weight is 491 g/mol. The van der Waals surface area contributed by atoms with Crippen LogP contribution in [0.4, 0.5) is 28.9 Å². The van der Waals surface area contributed by atoms with Gasteiger partial charge in [0.1, 0.15) is 28.6 Å². The molecule has 0 aliphatic carbocycles. The summed E-state index contributed by atoms with van der Waals surface area (Å²) < 4.78 is 63.5. The van der Waals surface area contributed by atoms with Gasteiger partial charge in [-0.25, -0.2) is 17.6 Å². The lowest BCUT2D eigenvalue weighted by atomic mass is 10.2. The molecule has 33 heavy (non-hydrogen) atoms. The third-order valence-electron chi connectivity index (χ3n) is 4.29. The summed E-state index contributed by atoms with van der Waals surface area (Å²) >= 11 is 5.60. The Morgan fingerprint density at radius 2 is 2.00 bits per heavy atom. The zero-order valence-corrected chi connectivity index (χ0v) is 17.5. The van der Waals surface area contributed by atoms with Crippen molar-refractivity contribution >= 4 is 28.9 Å². The predicted octanol–water partition coefficient (Wildman–Crippen LogP) is 5.61. The number of alkyl halides is 4. The van der Waals surface area contributed by atoms with Gasteiger partial charge in [0.05, 0.1) is 29.2 Å². The normalized spacial score (nSPS) is 11.3. The molecule has 0 fully saturated rings. The largest absolute Gasteiger partial charge is 0.494 e. The highest BCUT2D eigenvalue weighted by Gasteiger charge is 2.28. The van der Waals surface area contributed by atoms with Crippen LogP contribution in [-0.4, -0.2) is 27.2 Å². The molecule has 1 N–H and O–H groups in total. The molecule has 0 bridgehead atoms. The zero-order valence-electron chi connectivity index (χ0n) is 16.7. The van der Waals surface area contributed by atoms with E-state index in [0.717, 1.165) is 6.07 Å². The number of hydrogen-bond acceptors (Lipinski definition) is 6. The van der Waals surface area contributed by atoms with Gasteiger partial charge in [0.2, 0.25) is 0 Å². The minimum Gasteiger partial charge on any atom is -0.494 e. The second kappa shape index (κ2) is 9.90. The van der Waals surface area contributed by atoms with Crippen LogP contribution in [0, 0.1) is 10.1 Å². The van der Waals surface area contributed by atoms with Crippen molar-refractivity contribution in [1.82, 2.24) is 9.78 Å². The van der Waals surface area contributed by atoms with Crippen molar-refractivity contribution in [3.05, 3.63) is 68.4 Å². The van der Waals surface area contributed by atoms with Crippen LogP contribution in [0.1, 0.15) is 47.5 Å². The van der Waals surface area contributed by atoms with E-state index in [9.17, 15) is 32.5 Å². The summed E-state index contributed by atoms with van der Waals surface area (Å²) in [6.45, 7) is 1.47. The third kappa shape index (κ3) is 5.25. The highest BCUT2D eigenvalue weighted by molar-refractivity contribution is 6.32. The van der Waals surface area contributed by atoms with E-state index >= 15 is 0 Å². The lowest BCUT2D eigenvalue weighted by Crippen LogP contribution is -2.12. The summed E-state index contributed by atoms with van der Waals surface area (Å²) in [6.07, 6.45) is -6.35. The number of furan rings is 1. The van der Waals surface area contributed by atoms with Crippen LogP contribution in [0.25, 0.3) is 0 Å². The van der Waals surface area contributed by atoms with Gasteiger partial charge < -0.3 is 14.5 Å². The van der Waals surface area contributed by atoms with E-state index in [0.29, 0.717) is 4.68 Å². The van der Waals surface area contributed by atoms with Gasteiger partial charge in [-0.3, -0.25) is 19.6 Å². The summed E-state index contributed by atoms with van der Waals surface area (Å²) in [5, 5.41) is 16.2. The molecule has 1 amide bonds. The molecule has 14 heteroatoms. The molecule has 1 aromatic carbocycles. The number of nitrogens with one attached hydrogen (secondary N) is 1. The zero-order chi connectivity index (χ0) is 24.3. The Morgan fingerprint density at radius 3 is 2.61 bits per heavy atom. The summed E-state index contributed by atoms with van der Waals surface area (Å²) in [7, 11) is 0. The van der Waals surface area contributed by atoms with Gasteiger partial charge in [-0.2, -0.15) is 5.10 Å². The fraction of sp³-hybridized carbons (Fsp3) is 0.263. The Kier molecular flexibility index (Phi) is 7.21. The summed E-state index contributed by atoms with van der Waals surface area (Å²) in [4.78, 5) is 23.1. The maximum absolute atomic E-state index is 13.3. The van der Waals surface area contributed by atoms with Gasteiger partial charge >= 0.3 is 0 Å². The smallest absolute Gasteiger partial charge is 0.296 e. The van der Waals surface area contributed by atoms with E-state index < -0.39 is 52.3 Å². The van der Waals surface area contributed by atoms with Crippen LogP contribution >= 0.6 is 11.6 Å². The molecule has 0 aliphatic heterocycles. The number of halogens is 5. The number of carbonyl (C=O) groups is 1. The molecule has 0 saturated carbocycles. The molecule has 0 unspecified atom stereocenters. The monoisotopic (exact) mass is 490 g/mol. The molecule has 0 atom stereocenters. The van der Waals surface area contributed by atoms with E-state index in [1.807, 2.05) is 0 Å². The summed E-state index contributed by atoms with van der Waals surface area (Å²) in [6, 6.07) is 6.27. The number of rotatable bonds is 9. The number of nitrogens with zero attached hydrogens (tertiary/aromatic N) is 3. The molecule has 2 aromatic heterocycles. The summed E-state index contributed by atoms with van der Waals surface area (Å²) in [5.41, 5.74) is -2.47. The van der Waals surface area contributed by atoms with Crippen molar-refractivity contribution in [3.63, 3.8) is 0 Å². The van der Waals surface area contributed by atoms with Crippen LogP contribution < -0.4 is 10.1 Å². The minimum absolute atomic E-state index is 0.0665. The molecule has 176 valence electrons. The molecule has 0 aliphatic rings.